The summed E-state index contributed by atoms with van der Waals surface area (Å²) in [5.41, 5.74) is 1.00. The van der Waals surface area contributed by atoms with Crippen LogP contribution in [0.25, 0.3) is 0 Å². The first-order valence-electron chi connectivity index (χ1n) is 6.34. The fourth-order valence-corrected chi connectivity index (χ4v) is 2.40. The Morgan fingerprint density at radius 3 is 3.00 bits per heavy atom. The molecular formula is C14H20FNO. The summed E-state index contributed by atoms with van der Waals surface area (Å²) in [7, 11) is 1.92. The molecule has 2 nitrogen and oxygen atoms in total. The molecule has 1 aromatic carbocycles. The summed E-state index contributed by atoms with van der Waals surface area (Å²) in [5.74, 6) is -0.174. The average molecular weight is 237 g/mol. The Morgan fingerprint density at radius 2 is 2.35 bits per heavy atom. The third-order valence-electron chi connectivity index (χ3n) is 3.37. The van der Waals surface area contributed by atoms with Crippen molar-refractivity contribution in [3.8, 4) is 0 Å². The summed E-state index contributed by atoms with van der Waals surface area (Å²) >= 11 is 0. The number of hydrogen-bond donors (Lipinski definition) is 1. The molecule has 0 radical (unpaired) electrons. The molecule has 17 heavy (non-hydrogen) atoms. The van der Waals surface area contributed by atoms with Gasteiger partial charge in [-0.05, 0) is 50.4 Å². The normalized spacial score (nSPS) is 22.4. The molecule has 94 valence electrons. The Labute approximate surface area is 102 Å². The number of rotatable bonds is 4. The minimum atomic E-state index is -0.174. The summed E-state index contributed by atoms with van der Waals surface area (Å²) in [4.78, 5) is 0. The van der Waals surface area contributed by atoms with E-state index in [1.54, 1.807) is 12.1 Å². The van der Waals surface area contributed by atoms with E-state index in [1.807, 2.05) is 13.1 Å². The maximum atomic E-state index is 13.2. The van der Waals surface area contributed by atoms with E-state index in [9.17, 15) is 4.39 Å². The predicted octanol–water partition coefficient (Wildman–Crippen LogP) is 3.05. The van der Waals surface area contributed by atoms with Gasteiger partial charge in [0.25, 0.3) is 0 Å². The zero-order chi connectivity index (χ0) is 12.1. The minimum absolute atomic E-state index is 0.174. The van der Waals surface area contributed by atoms with Crippen LogP contribution in [0.2, 0.25) is 0 Å². The smallest absolute Gasteiger partial charge is 0.123 e. The van der Waals surface area contributed by atoms with Crippen molar-refractivity contribution in [3.63, 3.8) is 0 Å². The van der Waals surface area contributed by atoms with Crippen LogP contribution < -0.4 is 5.32 Å². The molecule has 2 rings (SSSR count). The highest BCUT2D eigenvalue weighted by atomic mass is 19.1. The predicted molar refractivity (Wildman–Crippen MR) is 66.4 cm³/mol. The number of hydrogen-bond acceptors (Lipinski definition) is 2. The van der Waals surface area contributed by atoms with Crippen molar-refractivity contribution in [3.05, 3.63) is 35.6 Å². The first-order chi connectivity index (χ1) is 8.29. The number of ether oxygens (including phenoxy) is 1. The molecule has 0 aliphatic carbocycles. The molecule has 0 spiro atoms. The molecule has 1 aliphatic rings. The standard InChI is InChI=1S/C14H20FNO/c1-16-14(10-13-7-2-3-8-17-13)11-5-4-6-12(15)9-11/h4-6,9,13-14,16H,2-3,7-8,10H2,1H3. The van der Waals surface area contributed by atoms with Gasteiger partial charge in [0.2, 0.25) is 0 Å². The molecule has 1 aromatic rings. The van der Waals surface area contributed by atoms with Gasteiger partial charge in [-0.15, -0.1) is 0 Å². The summed E-state index contributed by atoms with van der Waals surface area (Å²) < 4.78 is 18.9. The Morgan fingerprint density at radius 1 is 1.47 bits per heavy atom. The van der Waals surface area contributed by atoms with Crippen LogP contribution in [0.5, 0.6) is 0 Å². The number of halogens is 1. The number of benzene rings is 1. The maximum Gasteiger partial charge on any atom is 0.123 e. The van der Waals surface area contributed by atoms with Crippen molar-refractivity contribution in [1.29, 1.82) is 0 Å². The molecule has 2 atom stereocenters. The molecule has 0 bridgehead atoms. The summed E-state index contributed by atoms with van der Waals surface area (Å²) in [6.45, 7) is 0.865. The number of nitrogens with one attached hydrogen (secondary N) is 1. The quantitative estimate of drug-likeness (QED) is 0.869. The van der Waals surface area contributed by atoms with Crippen molar-refractivity contribution in [2.45, 2.75) is 37.8 Å². The fraction of sp³-hybridized carbons (Fsp3) is 0.571. The maximum absolute atomic E-state index is 13.2. The molecular weight excluding hydrogens is 217 g/mol. The lowest BCUT2D eigenvalue weighted by molar-refractivity contribution is 0.00546. The van der Waals surface area contributed by atoms with Crippen LogP contribution in [-0.4, -0.2) is 19.8 Å². The van der Waals surface area contributed by atoms with Crippen molar-refractivity contribution < 1.29 is 9.13 Å². The highest BCUT2D eigenvalue weighted by Crippen LogP contribution is 2.24. The van der Waals surface area contributed by atoms with Crippen LogP contribution in [0.3, 0.4) is 0 Å². The van der Waals surface area contributed by atoms with Crippen LogP contribution >= 0.6 is 0 Å². The van der Waals surface area contributed by atoms with Crippen LogP contribution in [0.1, 0.15) is 37.3 Å². The van der Waals surface area contributed by atoms with Gasteiger partial charge in [-0.2, -0.15) is 0 Å². The average Bonchev–Trinajstić information content (AvgIpc) is 2.37. The van der Waals surface area contributed by atoms with Gasteiger partial charge in [0.15, 0.2) is 0 Å². The van der Waals surface area contributed by atoms with Gasteiger partial charge in [-0.25, -0.2) is 4.39 Å². The molecule has 0 saturated carbocycles. The van der Waals surface area contributed by atoms with Crippen LogP contribution in [0.4, 0.5) is 4.39 Å². The molecule has 2 unspecified atom stereocenters. The van der Waals surface area contributed by atoms with Gasteiger partial charge in [0.1, 0.15) is 5.82 Å². The molecule has 0 amide bonds. The van der Waals surface area contributed by atoms with E-state index in [0.29, 0.717) is 6.10 Å². The molecule has 1 fully saturated rings. The second kappa shape index (κ2) is 6.12. The molecule has 1 N–H and O–H groups in total. The summed E-state index contributed by atoms with van der Waals surface area (Å²) in [6.07, 6.45) is 4.75. The van der Waals surface area contributed by atoms with E-state index in [-0.39, 0.29) is 11.9 Å². The van der Waals surface area contributed by atoms with Crippen molar-refractivity contribution in [2.75, 3.05) is 13.7 Å². The van der Waals surface area contributed by atoms with Gasteiger partial charge < -0.3 is 10.1 Å². The van der Waals surface area contributed by atoms with Crippen LogP contribution in [0.15, 0.2) is 24.3 Å². The minimum Gasteiger partial charge on any atom is -0.378 e. The second-order valence-corrected chi connectivity index (χ2v) is 4.62. The van der Waals surface area contributed by atoms with Gasteiger partial charge >= 0.3 is 0 Å². The fourth-order valence-electron chi connectivity index (χ4n) is 2.40. The molecule has 0 aromatic heterocycles. The lowest BCUT2D eigenvalue weighted by atomic mass is 9.97. The third-order valence-corrected chi connectivity index (χ3v) is 3.37. The Hall–Kier alpha value is -0.930. The van der Waals surface area contributed by atoms with Crippen molar-refractivity contribution >= 4 is 0 Å². The summed E-state index contributed by atoms with van der Waals surface area (Å²) in [5, 5.41) is 3.25. The first-order valence-corrected chi connectivity index (χ1v) is 6.34. The monoisotopic (exact) mass is 237 g/mol. The zero-order valence-corrected chi connectivity index (χ0v) is 10.3. The Balaban J connectivity index is 2.00. The largest absolute Gasteiger partial charge is 0.378 e. The lowest BCUT2D eigenvalue weighted by Crippen LogP contribution is -2.26. The van der Waals surface area contributed by atoms with Gasteiger partial charge in [0.05, 0.1) is 6.10 Å². The molecule has 1 saturated heterocycles. The van der Waals surface area contributed by atoms with Crippen molar-refractivity contribution in [1.82, 2.24) is 5.32 Å². The first kappa shape index (κ1) is 12.5. The Kier molecular flexibility index (Phi) is 4.51. The third kappa shape index (κ3) is 3.51. The lowest BCUT2D eigenvalue weighted by Gasteiger charge is -2.27. The highest BCUT2D eigenvalue weighted by Gasteiger charge is 2.19. The van der Waals surface area contributed by atoms with E-state index in [1.165, 1.54) is 18.9 Å². The van der Waals surface area contributed by atoms with Gasteiger partial charge in [-0.3, -0.25) is 0 Å². The van der Waals surface area contributed by atoms with E-state index in [0.717, 1.165) is 25.0 Å². The Bertz CT molecular complexity index is 350. The second-order valence-electron chi connectivity index (χ2n) is 4.62. The van der Waals surface area contributed by atoms with E-state index in [4.69, 9.17) is 4.74 Å². The molecule has 1 aliphatic heterocycles. The van der Waals surface area contributed by atoms with Gasteiger partial charge in [0, 0.05) is 12.6 Å². The van der Waals surface area contributed by atoms with Crippen LogP contribution in [0, 0.1) is 5.82 Å². The van der Waals surface area contributed by atoms with Gasteiger partial charge in [-0.1, -0.05) is 12.1 Å². The highest BCUT2D eigenvalue weighted by molar-refractivity contribution is 5.20. The van der Waals surface area contributed by atoms with Crippen molar-refractivity contribution in [2.24, 2.45) is 0 Å². The van der Waals surface area contributed by atoms with Crippen LogP contribution in [-0.2, 0) is 4.74 Å². The SMILES string of the molecule is CNC(CC1CCCCO1)c1cccc(F)c1. The molecule has 3 heteroatoms. The van der Waals surface area contributed by atoms with E-state index >= 15 is 0 Å². The molecule has 1 heterocycles. The van der Waals surface area contributed by atoms with E-state index < -0.39 is 0 Å². The van der Waals surface area contributed by atoms with E-state index in [2.05, 4.69) is 5.32 Å². The zero-order valence-electron chi connectivity index (χ0n) is 10.3. The summed E-state index contributed by atoms with van der Waals surface area (Å²) in [6, 6.07) is 6.98. The topological polar surface area (TPSA) is 21.3 Å².